The van der Waals surface area contributed by atoms with Crippen molar-refractivity contribution in [3.05, 3.63) is 35.9 Å². The number of aliphatic imine (C=N–C) groups is 1. The molecule has 2 fully saturated rings. The maximum Gasteiger partial charge on any atom is 0.191 e. The first-order valence-corrected chi connectivity index (χ1v) is 10.6. The first-order chi connectivity index (χ1) is 13.6. The molecular formula is C22H38IN5O. The summed E-state index contributed by atoms with van der Waals surface area (Å²) in [5.74, 6) is 0.916. The first kappa shape index (κ1) is 24.4. The van der Waals surface area contributed by atoms with Crippen LogP contribution in [0.5, 0.6) is 0 Å². The van der Waals surface area contributed by atoms with Crippen molar-refractivity contribution in [1.82, 2.24) is 20.4 Å². The molecule has 0 aromatic heterocycles. The van der Waals surface area contributed by atoms with Crippen LogP contribution in [0.15, 0.2) is 35.3 Å². The molecular weight excluding hydrogens is 477 g/mol. The number of nitrogens with zero attached hydrogens (tertiary/aromatic N) is 3. The molecule has 1 atom stereocenters. The van der Waals surface area contributed by atoms with Crippen molar-refractivity contribution in [2.75, 3.05) is 54.0 Å². The minimum atomic E-state index is 0. The fraction of sp³-hybridized carbons (Fsp3) is 0.682. The highest BCUT2D eigenvalue weighted by molar-refractivity contribution is 14.0. The van der Waals surface area contributed by atoms with Gasteiger partial charge in [0.25, 0.3) is 0 Å². The zero-order valence-corrected chi connectivity index (χ0v) is 20.5. The van der Waals surface area contributed by atoms with Crippen LogP contribution in [0.2, 0.25) is 0 Å². The Balaban J connectivity index is 0.00000300. The summed E-state index contributed by atoms with van der Waals surface area (Å²) in [6.07, 6.45) is 4.52. The smallest absolute Gasteiger partial charge is 0.191 e. The van der Waals surface area contributed by atoms with Crippen molar-refractivity contribution in [2.24, 2.45) is 4.99 Å². The maximum atomic E-state index is 5.58. The Bertz CT molecular complexity index is 619. The van der Waals surface area contributed by atoms with Gasteiger partial charge in [-0.3, -0.25) is 9.89 Å². The minimum absolute atomic E-state index is 0. The van der Waals surface area contributed by atoms with E-state index in [0.29, 0.717) is 6.04 Å². The van der Waals surface area contributed by atoms with Crippen LogP contribution in [0.1, 0.15) is 31.2 Å². The Morgan fingerprint density at radius 2 is 1.97 bits per heavy atom. The van der Waals surface area contributed by atoms with Gasteiger partial charge in [-0.15, -0.1) is 24.0 Å². The van der Waals surface area contributed by atoms with E-state index in [-0.39, 0.29) is 29.5 Å². The maximum absolute atomic E-state index is 5.58. The molecule has 2 saturated heterocycles. The van der Waals surface area contributed by atoms with E-state index in [1.807, 2.05) is 7.05 Å². The number of piperidine rings is 1. The van der Waals surface area contributed by atoms with E-state index in [0.717, 1.165) is 51.6 Å². The topological polar surface area (TPSA) is 52.1 Å². The van der Waals surface area contributed by atoms with Crippen LogP contribution in [0.25, 0.3) is 0 Å². The molecule has 0 bridgehead atoms. The molecule has 164 valence electrons. The van der Waals surface area contributed by atoms with Crippen molar-refractivity contribution in [2.45, 2.75) is 43.8 Å². The number of likely N-dealkylation sites (N-methyl/N-ethyl adjacent to an activating group) is 1. The van der Waals surface area contributed by atoms with Crippen LogP contribution in [0.4, 0.5) is 0 Å². The summed E-state index contributed by atoms with van der Waals surface area (Å²) in [4.78, 5) is 9.38. The van der Waals surface area contributed by atoms with Gasteiger partial charge in [-0.1, -0.05) is 30.3 Å². The number of hydrogen-bond acceptors (Lipinski definition) is 4. The standard InChI is InChI=1S/C22H37N5O.HI/c1-23-21(24-18-22(26(2)3)11-14-28-15-12-22)25-20-10-7-13-27(17-20)16-19-8-5-4-6-9-19;/h4-6,8-9,20H,7,10-18H2,1-3H3,(H2,23,24,25);1H. The highest BCUT2D eigenvalue weighted by atomic mass is 127. The lowest BCUT2D eigenvalue weighted by Gasteiger charge is -2.43. The van der Waals surface area contributed by atoms with Gasteiger partial charge in [0.15, 0.2) is 5.96 Å². The van der Waals surface area contributed by atoms with E-state index in [1.54, 1.807) is 0 Å². The Morgan fingerprint density at radius 3 is 2.62 bits per heavy atom. The van der Waals surface area contributed by atoms with Crippen LogP contribution in [-0.4, -0.2) is 81.3 Å². The normalized spacial score (nSPS) is 22.8. The SMILES string of the molecule is CN=C(NCC1(N(C)C)CCOCC1)NC1CCCN(Cc2ccccc2)C1.I. The lowest BCUT2D eigenvalue weighted by molar-refractivity contribution is -0.00504. The monoisotopic (exact) mass is 515 g/mol. The summed E-state index contributed by atoms with van der Waals surface area (Å²) in [5, 5.41) is 7.26. The first-order valence-electron chi connectivity index (χ1n) is 10.6. The third-order valence-corrected chi connectivity index (χ3v) is 6.28. The number of rotatable bonds is 6. The predicted octanol–water partition coefficient (Wildman–Crippen LogP) is 2.54. The molecule has 2 aliphatic heterocycles. The van der Waals surface area contributed by atoms with E-state index < -0.39 is 0 Å². The number of halogens is 1. The van der Waals surface area contributed by atoms with E-state index >= 15 is 0 Å². The van der Waals surface area contributed by atoms with Crippen molar-refractivity contribution in [3.8, 4) is 0 Å². The van der Waals surface area contributed by atoms with Crippen LogP contribution in [-0.2, 0) is 11.3 Å². The molecule has 29 heavy (non-hydrogen) atoms. The highest BCUT2D eigenvalue weighted by Gasteiger charge is 2.35. The van der Waals surface area contributed by atoms with Gasteiger partial charge in [-0.05, 0) is 51.9 Å². The summed E-state index contributed by atoms with van der Waals surface area (Å²) in [6, 6.07) is 11.2. The average Bonchev–Trinajstić information content (AvgIpc) is 2.72. The minimum Gasteiger partial charge on any atom is -0.381 e. The van der Waals surface area contributed by atoms with Gasteiger partial charge < -0.3 is 20.3 Å². The summed E-state index contributed by atoms with van der Waals surface area (Å²) in [6.45, 7) is 5.81. The lowest BCUT2D eigenvalue weighted by Crippen LogP contribution is -2.58. The van der Waals surface area contributed by atoms with Gasteiger partial charge in [0, 0.05) is 51.5 Å². The van der Waals surface area contributed by atoms with Gasteiger partial charge in [0.1, 0.15) is 0 Å². The molecule has 2 heterocycles. The number of likely N-dealkylation sites (tertiary alicyclic amines) is 1. The van der Waals surface area contributed by atoms with Gasteiger partial charge in [0.2, 0.25) is 0 Å². The summed E-state index contributed by atoms with van der Waals surface area (Å²) in [7, 11) is 6.21. The molecule has 3 rings (SSSR count). The zero-order chi connectivity index (χ0) is 19.8. The number of hydrogen-bond donors (Lipinski definition) is 2. The van der Waals surface area contributed by atoms with E-state index in [9.17, 15) is 0 Å². The van der Waals surface area contributed by atoms with Crippen LogP contribution in [0, 0.1) is 0 Å². The number of guanidine groups is 1. The molecule has 6 nitrogen and oxygen atoms in total. The van der Waals surface area contributed by atoms with Gasteiger partial charge in [-0.2, -0.15) is 0 Å². The summed E-state index contributed by atoms with van der Waals surface area (Å²) >= 11 is 0. The molecule has 0 spiro atoms. The summed E-state index contributed by atoms with van der Waals surface area (Å²) in [5.41, 5.74) is 1.53. The number of benzene rings is 1. The second kappa shape index (κ2) is 12.1. The molecule has 2 N–H and O–H groups in total. The molecule has 0 radical (unpaired) electrons. The molecule has 1 aromatic rings. The summed E-state index contributed by atoms with van der Waals surface area (Å²) < 4.78 is 5.58. The second-order valence-corrected chi connectivity index (χ2v) is 8.36. The Labute approximate surface area is 193 Å². The molecule has 0 amide bonds. The van der Waals surface area contributed by atoms with Gasteiger partial charge in [0.05, 0.1) is 0 Å². The lowest BCUT2D eigenvalue weighted by atomic mass is 9.88. The zero-order valence-electron chi connectivity index (χ0n) is 18.2. The van der Waals surface area contributed by atoms with E-state index in [2.05, 4.69) is 69.9 Å². The Hall–Kier alpha value is -0.900. The fourth-order valence-corrected chi connectivity index (χ4v) is 4.33. The second-order valence-electron chi connectivity index (χ2n) is 8.36. The number of ether oxygens (including phenoxy) is 1. The van der Waals surface area contributed by atoms with E-state index in [4.69, 9.17) is 4.74 Å². The predicted molar refractivity (Wildman–Crippen MR) is 131 cm³/mol. The molecule has 0 saturated carbocycles. The quantitative estimate of drug-likeness (QED) is 0.347. The van der Waals surface area contributed by atoms with Gasteiger partial charge >= 0.3 is 0 Å². The van der Waals surface area contributed by atoms with Crippen molar-refractivity contribution in [3.63, 3.8) is 0 Å². The van der Waals surface area contributed by atoms with Crippen LogP contribution >= 0.6 is 24.0 Å². The molecule has 0 aliphatic carbocycles. The highest BCUT2D eigenvalue weighted by Crippen LogP contribution is 2.25. The Kier molecular flexibility index (Phi) is 10.1. The molecule has 7 heteroatoms. The van der Waals surface area contributed by atoms with Crippen molar-refractivity contribution < 1.29 is 4.74 Å². The van der Waals surface area contributed by atoms with Crippen LogP contribution in [0.3, 0.4) is 0 Å². The number of nitrogens with one attached hydrogen (secondary N) is 2. The van der Waals surface area contributed by atoms with E-state index in [1.165, 1.54) is 24.9 Å². The Morgan fingerprint density at radius 1 is 1.24 bits per heavy atom. The largest absolute Gasteiger partial charge is 0.381 e. The van der Waals surface area contributed by atoms with Crippen molar-refractivity contribution >= 4 is 29.9 Å². The van der Waals surface area contributed by atoms with Gasteiger partial charge in [-0.25, -0.2) is 0 Å². The molecule has 2 aliphatic rings. The fourth-order valence-electron chi connectivity index (χ4n) is 4.33. The third-order valence-electron chi connectivity index (χ3n) is 6.28. The third kappa shape index (κ3) is 7.08. The average molecular weight is 515 g/mol. The molecule has 1 aromatic carbocycles. The molecule has 1 unspecified atom stereocenters. The van der Waals surface area contributed by atoms with Crippen molar-refractivity contribution in [1.29, 1.82) is 0 Å². The van der Waals surface area contributed by atoms with Crippen LogP contribution < -0.4 is 10.6 Å².